The Kier molecular flexibility index (Phi) is 3.91. The summed E-state index contributed by atoms with van der Waals surface area (Å²) in [6.07, 6.45) is 0.970. The van der Waals surface area contributed by atoms with Crippen molar-refractivity contribution in [3.63, 3.8) is 0 Å². The van der Waals surface area contributed by atoms with Gasteiger partial charge in [-0.25, -0.2) is 0 Å². The van der Waals surface area contributed by atoms with E-state index in [1.807, 2.05) is 47.0 Å². The van der Waals surface area contributed by atoms with Crippen LogP contribution in [-0.2, 0) is 0 Å². The van der Waals surface area contributed by atoms with E-state index < -0.39 is 0 Å². The molecular formula is C19H21N5O3. The van der Waals surface area contributed by atoms with Crippen molar-refractivity contribution >= 4 is 28.0 Å². The lowest BCUT2D eigenvalue weighted by atomic mass is 9.97. The molecule has 2 heterocycles. The number of anilines is 2. The van der Waals surface area contributed by atoms with E-state index in [9.17, 15) is 10.1 Å². The fourth-order valence-corrected chi connectivity index (χ4v) is 3.77. The van der Waals surface area contributed by atoms with E-state index in [2.05, 4.69) is 6.92 Å². The monoisotopic (exact) mass is 367 g/mol. The van der Waals surface area contributed by atoms with Crippen LogP contribution in [0.5, 0.6) is 5.75 Å². The van der Waals surface area contributed by atoms with Gasteiger partial charge in [0.25, 0.3) is 5.69 Å². The van der Waals surface area contributed by atoms with Crippen molar-refractivity contribution in [3.8, 4) is 17.0 Å². The summed E-state index contributed by atoms with van der Waals surface area (Å²) in [6.45, 7) is 2.93. The molecule has 0 saturated carbocycles. The van der Waals surface area contributed by atoms with E-state index in [0.29, 0.717) is 5.69 Å². The van der Waals surface area contributed by atoms with Gasteiger partial charge >= 0.3 is 0 Å². The van der Waals surface area contributed by atoms with Gasteiger partial charge in [-0.05, 0) is 30.7 Å². The van der Waals surface area contributed by atoms with Crippen molar-refractivity contribution in [2.75, 3.05) is 37.7 Å². The second kappa shape index (κ2) is 6.15. The standard InChI is InChI=1S/C19H21N5O3/c1-5-10-21(2)23-15-8-9-16(24(25)26)19-17(15)18(20-23)13-11-12(27-4)6-7-14(13)22(19)3/h6-9,11H,5,10H2,1-4H3. The average molecular weight is 367 g/mol. The van der Waals surface area contributed by atoms with E-state index in [1.165, 1.54) is 0 Å². The zero-order valence-corrected chi connectivity index (χ0v) is 15.8. The van der Waals surface area contributed by atoms with Crippen molar-refractivity contribution in [2.45, 2.75) is 13.3 Å². The van der Waals surface area contributed by atoms with E-state index in [-0.39, 0.29) is 10.6 Å². The lowest BCUT2D eigenvalue weighted by Gasteiger charge is -2.27. The van der Waals surface area contributed by atoms with Gasteiger partial charge in [0.2, 0.25) is 0 Å². The average Bonchev–Trinajstić information content (AvgIpc) is 3.05. The topological polar surface area (TPSA) is 76.7 Å². The van der Waals surface area contributed by atoms with Crippen LogP contribution in [-0.4, -0.2) is 42.6 Å². The molecule has 8 heteroatoms. The highest BCUT2D eigenvalue weighted by atomic mass is 16.6. The van der Waals surface area contributed by atoms with Crippen molar-refractivity contribution in [2.24, 2.45) is 0 Å². The Balaban J connectivity index is 2.10. The van der Waals surface area contributed by atoms with Crippen molar-refractivity contribution < 1.29 is 9.66 Å². The first-order valence-electron chi connectivity index (χ1n) is 8.81. The first kappa shape index (κ1) is 17.1. The largest absolute Gasteiger partial charge is 0.497 e. The molecule has 0 spiro atoms. The quantitative estimate of drug-likeness (QED) is 0.506. The Hall–Kier alpha value is -3.29. The van der Waals surface area contributed by atoms with Gasteiger partial charge in [0.1, 0.15) is 17.1 Å². The molecule has 0 fully saturated rings. The number of methoxy groups -OCH3 is 1. The van der Waals surface area contributed by atoms with Crippen LogP contribution in [0.1, 0.15) is 13.3 Å². The van der Waals surface area contributed by atoms with Crippen LogP contribution in [0.3, 0.4) is 0 Å². The number of nitrogens with zero attached hydrogens (tertiary/aromatic N) is 5. The smallest absolute Gasteiger partial charge is 0.293 e. The van der Waals surface area contributed by atoms with Gasteiger partial charge in [-0.3, -0.25) is 15.1 Å². The maximum Gasteiger partial charge on any atom is 0.293 e. The van der Waals surface area contributed by atoms with E-state index in [1.54, 1.807) is 19.2 Å². The fraction of sp³-hybridized carbons (Fsp3) is 0.316. The molecule has 0 unspecified atom stereocenters. The summed E-state index contributed by atoms with van der Waals surface area (Å²) in [5.41, 5.74) is 3.99. The minimum atomic E-state index is -0.337. The van der Waals surface area contributed by atoms with Crippen molar-refractivity contribution in [1.82, 2.24) is 9.89 Å². The number of hydrogen-bond donors (Lipinski definition) is 0. The number of nitro groups is 1. The van der Waals surface area contributed by atoms with E-state index >= 15 is 0 Å². The predicted octanol–water partition coefficient (Wildman–Crippen LogP) is 3.68. The van der Waals surface area contributed by atoms with Crippen LogP contribution < -0.4 is 14.6 Å². The molecule has 0 N–H and O–H groups in total. The third kappa shape index (κ3) is 2.40. The van der Waals surface area contributed by atoms with Crippen molar-refractivity contribution in [1.29, 1.82) is 0 Å². The summed E-state index contributed by atoms with van der Waals surface area (Å²) in [6, 6.07) is 9.03. The zero-order chi connectivity index (χ0) is 19.3. The fourth-order valence-electron chi connectivity index (χ4n) is 3.77. The van der Waals surface area contributed by atoms with Crippen LogP contribution >= 0.6 is 0 Å². The molecule has 27 heavy (non-hydrogen) atoms. The summed E-state index contributed by atoms with van der Waals surface area (Å²) in [7, 11) is 5.44. The Morgan fingerprint density at radius 1 is 1.30 bits per heavy atom. The number of nitro benzene ring substituents is 1. The van der Waals surface area contributed by atoms with Crippen LogP contribution in [0, 0.1) is 10.1 Å². The molecule has 0 atom stereocenters. The van der Waals surface area contributed by atoms with Crippen LogP contribution in [0.2, 0.25) is 0 Å². The summed E-state index contributed by atoms with van der Waals surface area (Å²) in [5.74, 6) is 0.723. The lowest BCUT2D eigenvalue weighted by Crippen LogP contribution is -2.31. The molecule has 0 saturated heterocycles. The first-order chi connectivity index (χ1) is 13.0. The van der Waals surface area contributed by atoms with Gasteiger partial charge < -0.3 is 9.64 Å². The highest BCUT2D eigenvalue weighted by molar-refractivity contribution is 6.12. The zero-order valence-electron chi connectivity index (χ0n) is 15.8. The summed E-state index contributed by atoms with van der Waals surface area (Å²) in [5, 5.41) is 19.3. The molecule has 0 bridgehead atoms. The summed E-state index contributed by atoms with van der Waals surface area (Å²) >= 11 is 0. The Morgan fingerprint density at radius 3 is 2.74 bits per heavy atom. The molecule has 0 radical (unpaired) electrons. The van der Waals surface area contributed by atoms with Gasteiger partial charge in [0, 0.05) is 32.3 Å². The second-order valence-corrected chi connectivity index (χ2v) is 6.65. The minimum absolute atomic E-state index is 0.0745. The number of rotatable bonds is 5. The lowest BCUT2D eigenvalue weighted by molar-refractivity contribution is -0.384. The van der Waals surface area contributed by atoms with Crippen LogP contribution in [0.15, 0.2) is 30.3 Å². The number of hydrogen-bond acceptors (Lipinski definition) is 6. The van der Waals surface area contributed by atoms with Crippen molar-refractivity contribution in [3.05, 3.63) is 40.4 Å². The number of benzene rings is 2. The van der Waals surface area contributed by atoms with Gasteiger partial charge in [-0.2, -0.15) is 9.89 Å². The van der Waals surface area contributed by atoms with E-state index in [4.69, 9.17) is 9.84 Å². The summed E-state index contributed by atoms with van der Waals surface area (Å²) in [4.78, 5) is 15.1. The molecule has 0 aliphatic carbocycles. The summed E-state index contributed by atoms with van der Waals surface area (Å²) < 4.78 is 5.38. The highest BCUT2D eigenvalue weighted by Gasteiger charge is 2.33. The molecule has 1 aromatic heterocycles. The first-order valence-corrected chi connectivity index (χ1v) is 8.81. The van der Waals surface area contributed by atoms with Gasteiger partial charge in [0.15, 0.2) is 0 Å². The molecular weight excluding hydrogens is 346 g/mol. The predicted molar refractivity (Wildman–Crippen MR) is 106 cm³/mol. The molecule has 3 aromatic rings. The number of aromatic nitrogens is 2. The third-order valence-corrected chi connectivity index (χ3v) is 5.00. The maximum absolute atomic E-state index is 11.7. The second-order valence-electron chi connectivity index (χ2n) is 6.65. The minimum Gasteiger partial charge on any atom is -0.497 e. The Bertz CT molecular complexity index is 1060. The van der Waals surface area contributed by atoms with Crippen LogP contribution in [0.25, 0.3) is 22.2 Å². The Morgan fingerprint density at radius 2 is 2.07 bits per heavy atom. The van der Waals surface area contributed by atoms with Gasteiger partial charge in [-0.1, -0.05) is 6.92 Å². The van der Waals surface area contributed by atoms with E-state index in [0.717, 1.165) is 46.6 Å². The third-order valence-electron chi connectivity index (χ3n) is 5.00. The molecule has 4 rings (SSSR count). The van der Waals surface area contributed by atoms with Gasteiger partial charge in [0.05, 0.1) is 28.6 Å². The van der Waals surface area contributed by atoms with Crippen LogP contribution in [0.4, 0.5) is 17.1 Å². The Labute approximate surface area is 156 Å². The molecule has 140 valence electrons. The SMILES string of the molecule is CCCN(C)n1nc2c3c(c([N+](=O)[O-])ccc31)N(C)c1ccc(OC)cc1-2. The maximum atomic E-state index is 11.7. The molecule has 0 amide bonds. The molecule has 1 aliphatic heterocycles. The van der Waals surface area contributed by atoms with Gasteiger partial charge in [-0.15, -0.1) is 0 Å². The highest BCUT2D eigenvalue weighted by Crippen LogP contribution is 2.50. The molecule has 8 nitrogen and oxygen atoms in total. The molecule has 2 aromatic carbocycles. The normalized spacial score (nSPS) is 12.2. The number of fused-ring (bicyclic) bond motifs is 2. The molecule has 1 aliphatic rings. The number of ether oxygens (including phenoxy) is 1.